The van der Waals surface area contributed by atoms with Crippen LogP contribution in [-0.4, -0.2) is 36.3 Å². The zero-order chi connectivity index (χ0) is 21.7. The molecule has 0 spiro atoms. The lowest BCUT2D eigenvalue weighted by molar-refractivity contribution is -0.311. The molecule has 0 bridgehead atoms. The van der Waals surface area contributed by atoms with Crippen LogP contribution in [0, 0.1) is 0 Å². The average molecular weight is 419 g/mol. The van der Waals surface area contributed by atoms with Gasteiger partial charge in [0.25, 0.3) is 0 Å². The van der Waals surface area contributed by atoms with Crippen LogP contribution < -0.4 is 0 Å². The van der Waals surface area contributed by atoms with Crippen LogP contribution in [0.25, 0.3) is 0 Å². The largest absolute Gasteiger partial charge is 0.394 e. The lowest BCUT2D eigenvalue weighted by atomic mass is 9.80. The summed E-state index contributed by atoms with van der Waals surface area (Å²) < 4.78 is 18.8. The Kier molecular flexibility index (Phi) is 6.54. The molecule has 162 valence electrons. The van der Waals surface area contributed by atoms with Crippen LogP contribution in [-0.2, 0) is 19.8 Å². The molecule has 0 unspecified atom stereocenters. The Labute approximate surface area is 184 Å². The molecule has 4 heteroatoms. The summed E-state index contributed by atoms with van der Waals surface area (Å²) in [5.41, 5.74) is 2.37. The third-order valence-corrected chi connectivity index (χ3v) is 5.66. The molecule has 2 atom stereocenters. The summed E-state index contributed by atoms with van der Waals surface area (Å²) in [7, 11) is 0. The first-order valence-electron chi connectivity index (χ1n) is 10.8. The van der Waals surface area contributed by atoms with Crippen LogP contribution in [0.1, 0.15) is 37.0 Å². The third kappa shape index (κ3) is 4.73. The van der Waals surface area contributed by atoms with Gasteiger partial charge in [0.05, 0.1) is 25.4 Å². The molecule has 31 heavy (non-hydrogen) atoms. The highest BCUT2D eigenvalue weighted by molar-refractivity contribution is 5.47. The van der Waals surface area contributed by atoms with Crippen molar-refractivity contribution < 1.29 is 19.3 Å². The first kappa shape index (κ1) is 21.7. The highest BCUT2D eigenvalue weighted by Crippen LogP contribution is 2.41. The average Bonchev–Trinajstić information content (AvgIpc) is 2.80. The van der Waals surface area contributed by atoms with Crippen LogP contribution in [0.2, 0.25) is 0 Å². The SMILES string of the molecule is CC1(C)O[C@H](COC(c2ccccc2)(c2ccccc2)c2ccccc2)C[C@H](CO)O1. The second-order valence-electron chi connectivity index (χ2n) is 8.39. The van der Waals surface area contributed by atoms with Gasteiger partial charge in [0.2, 0.25) is 0 Å². The van der Waals surface area contributed by atoms with Crippen molar-refractivity contribution in [2.24, 2.45) is 0 Å². The van der Waals surface area contributed by atoms with Crippen molar-refractivity contribution in [3.8, 4) is 0 Å². The van der Waals surface area contributed by atoms with Gasteiger partial charge in [0, 0.05) is 6.42 Å². The van der Waals surface area contributed by atoms with Gasteiger partial charge in [-0.3, -0.25) is 0 Å². The summed E-state index contributed by atoms with van der Waals surface area (Å²) in [6.45, 7) is 4.08. The second kappa shape index (κ2) is 9.33. The van der Waals surface area contributed by atoms with Gasteiger partial charge in [0.15, 0.2) is 5.79 Å². The number of ether oxygens (including phenoxy) is 3. The normalized spacial score (nSPS) is 21.0. The standard InChI is InChI=1S/C27H30O4/c1-26(2)30-24(19-28)18-25(31-26)20-29-27(21-12-6-3-7-13-21,22-14-8-4-9-15-22)23-16-10-5-11-17-23/h3-17,24-25,28H,18-20H2,1-2H3/t24-,25+/m1/s1. The minimum atomic E-state index is -0.787. The smallest absolute Gasteiger partial charge is 0.163 e. The quantitative estimate of drug-likeness (QED) is 0.555. The van der Waals surface area contributed by atoms with E-state index >= 15 is 0 Å². The van der Waals surface area contributed by atoms with Crippen LogP contribution in [0.4, 0.5) is 0 Å². The van der Waals surface area contributed by atoms with Gasteiger partial charge in [-0.2, -0.15) is 0 Å². The fourth-order valence-corrected chi connectivity index (χ4v) is 4.42. The van der Waals surface area contributed by atoms with Crippen molar-refractivity contribution in [3.05, 3.63) is 108 Å². The predicted molar refractivity (Wildman–Crippen MR) is 121 cm³/mol. The van der Waals surface area contributed by atoms with Crippen molar-refractivity contribution in [1.29, 1.82) is 0 Å². The van der Waals surface area contributed by atoms with E-state index in [9.17, 15) is 5.11 Å². The van der Waals surface area contributed by atoms with Gasteiger partial charge < -0.3 is 19.3 Å². The minimum Gasteiger partial charge on any atom is -0.394 e. The molecule has 0 aromatic heterocycles. The van der Waals surface area contributed by atoms with Crippen LogP contribution in [0.3, 0.4) is 0 Å². The summed E-state index contributed by atoms with van der Waals surface area (Å²) >= 11 is 0. The Bertz CT molecular complexity index is 844. The Hall–Kier alpha value is -2.50. The molecule has 0 saturated carbocycles. The number of hydrogen-bond acceptors (Lipinski definition) is 4. The van der Waals surface area contributed by atoms with E-state index in [0.29, 0.717) is 13.0 Å². The third-order valence-electron chi connectivity index (χ3n) is 5.66. The summed E-state index contributed by atoms with van der Waals surface area (Å²) in [4.78, 5) is 0. The van der Waals surface area contributed by atoms with Gasteiger partial charge in [-0.1, -0.05) is 91.0 Å². The van der Waals surface area contributed by atoms with E-state index in [1.54, 1.807) is 0 Å². The zero-order valence-electron chi connectivity index (χ0n) is 18.1. The topological polar surface area (TPSA) is 47.9 Å². The lowest BCUT2D eigenvalue weighted by Crippen LogP contribution is -2.48. The first-order valence-corrected chi connectivity index (χ1v) is 10.8. The lowest BCUT2D eigenvalue weighted by Gasteiger charge is -2.42. The first-order chi connectivity index (χ1) is 15.0. The van der Waals surface area contributed by atoms with Gasteiger partial charge >= 0.3 is 0 Å². The maximum atomic E-state index is 9.68. The van der Waals surface area contributed by atoms with Crippen LogP contribution >= 0.6 is 0 Å². The van der Waals surface area contributed by atoms with Gasteiger partial charge in [-0.25, -0.2) is 0 Å². The van der Waals surface area contributed by atoms with Gasteiger partial charge in [-0.15, -0.1) is 0 Å². The van der Waals surface area contributed by atoms with Crippen molar-refractivity contribution in [3.63, 3.8) is 0 Å². The maximum Gasteiger partial charge on any atom is 0.163 e. The fourth-order valence-electron chi connectivity index (χ4n) is 4.42. The Morgan fingerprint density at radius 1 is 0.774 bits per heavy atom. The molecule has 0 radical (unpaired) electrons. The number of benzene rings is 3. The number of rotatable bonds is 7. The van der Waals surface area contributed by atoms with E-state index in [1.807, 2.05) is 68.4 Å². The Morgan fingerprint density at radius 2 is 1.19 bits per heavy atom. The highest BCUT2D eigenvalue weighted by Gasteiger charge is 2.41. The molecule has 0 amide bonds. The summed E-state index contributed by atoms with van der Waals surface area (Å²) in [5, 5.41) is 9.68. The molecule has 0 aliphatic carbocycles. The van der Waals surface area contributed by atoms with Crippen molar-refractivity contribution in [2.75, 3.05) is 13.2 Å². The summed E-state index contributed by atoms with van der Waals surface area (Å²) in [6, 6.07) is 30.9. The molecule has 1 N–H and O–H groups in total. The number of aliphatic hydroxyl groups is 1. The molecule has 1 fully saturated rings. The number of hydrogen-bond donors (Lipinski definition) is 1. The van der Waals surface area contributed by atoms with Gasteiger partial charge in [0.1, 0.15) is 5.60 Å². The second-order valence-corrected chi connectivity index (χ2v) is 8.39. The predicted octanol–water partition coefficient (Wildman–Crippen LogP) is 4.90. The Balaban J connectivity index is 1.76. The minimum absolute atomic E-state index is 0.0372. The van der Waals surface area contributed by atoms with Crippen molar-refractivity contribution >= 4 is 0 Å². The molecule has 1 aliphatic rings. The van der Waals surface area contributed by atoms with Crippen LogP contribution in [0.5, 0.6) is 0 Å². The highest BCUT2D eigenvalue weighted by atomic mass is 16.7. The van der Waals surface area contributed by atoms with E-state index < -0.39 is 11.4 Å². The van der Waals surface area contributed by atoms with E-state index in [1.165, 1.54) is 0 Å². The summed E-state index contributed by atoms with van der Waals surface area (Å²) in [5.74, 6) is -0.769. The fraction of sp³-hybridized carbons (Fsp3) is 0.333. The van der Waals surface area contributed by atoms with Crippen molar-refractivity contribution in [2.45, 2.75) is 43.9 Å². The molecule has 3 aromatic carbocycles. The molecular formula is C27H30O4. The van der Waals surface area contributed by atoms with E-state index in [-0.39, 0.29) is 18.8 Å². The van der Waals surface area contributed by atoms with Crippen molar-refractivity contribution in [1.82, 2.24) is 0 Å². The van der Waals surface area contributed by atoms with E-state index in [2.05, 4.69) is 36.4 Å². The van der Waals surface area contributed by atoms with Gasteiger partial charge in [-0.05, 0) is 30.5 Å². The maximum absolute atomic E-state index is 9.68. The monoisotopic (exact) mass is 418 g/mol. The molecule has 4 nitrogen and oxygen atoms in total. The summed E-state index contributed by atoms with van der Waals surface area (Å²) in [6.07, 6.45) is 0.113. The zero-order valence-corrected chi connectivity index (χ0v) is 18.1. The van der Waals surface area contributed by atoms with Crippen LogP contribution in [0.15, 0.2) is 91.0 Å². The molecule has 1 saturated heterocycles. The molecular weight excluding hydrogens is 388 g/mol. The molecule has 3 aromatic rings. The molecule has 4 rings (SSSR count). The number of aliphatic hydroxyl groups excluding tert-OH is 1. The van der Waals surface area contributed by atoms with E-state index in [0.717, 1.165) is 16.7 Å². The Morgan fingerprint density at radius 3 is 1.61 bits per heavy atom. The molecule has 1 aliphatic heterocycles. The van der Waals surface area contributed by atoms with E-state index in [4.69, 9.17) is 14.2 Å². The molecule has 1 heterocycles.